The van der Waals surface area contributed by atoms with Gasteiger partial charge in [-0.25, -0.2) is 0 Å². The van der Waals surface area contributed by atoms with E-state index in [0.29, 0.717) is 18.7 Å². The molecule has 0 fully saturated rings. The third-order valence-electron chi connectivity index (χ3n) is 4.34. The van der Waals surface area contributed by atoms with Crippen molar-refractivity contribution in [3.05, 3.63) is 71.3 Å². The highest BCUT2D eigenvalue weighted by molar-refractivity contribution is 5.93. The smallest absolute Gasteiger partial charge is 0.253 e. The number of hydrogen-bond donors (Lipinski definition) is 1. The molecule has 0 spiro atoms. The van der Waals surface area contributed by atoms with Crippen molar-refractivity contribution in [3.63, 3.8) is 0 Å². The van der Waals surface area contributed by atoms with Gasteiger partial charge < -0.3 is 15.5 Å². The maximum atomic E-state index is 12.6. The lowest BCUT2D eigenvalue weighted by Crippen LogP contribution is -2.32. The van der Waals surface area contributed by atoms with E-state index in [0.717, 1.165) is 11.1 Å². The second-order valence-electron chi connectivity index (χ2n) is 6.53. The average Bonchev–Trinajstić information content (AvgIpc) is 2.66. The summed E-state index contributed by atoms with van der Waals surface area (Å²) in [4.78, 5) is 27.9. The molecule has 2 N–H and O–H groups in total. The lowest BCUT2D eigenvalue weighted by atomic mass is 10.0. The minimum absolute atomic E-state index is 0.0253. The van der Waals surface area contributed by atoms with Gasteiger partial charge in [-0.1, -0.05) is 42.5 Å². The Kier molecular flexibility index (Phi) is 6.92. The van der Waals surface area contributed by atoms with Crippen molar-refractivity contribution in [1.29, 1.82) is 0 Å². The summed E-state index contributed by atoms with van der Waals surface area (Å²) in [6.45, 7) is 3.07. The van der Waals surface area contributed by atoms with Gasteiger partial charge in [-0.05, 0) is 30.2 Å². The Morgan fingerprint density at radius 2 is 1.62 bits per heavy atom. The van der Waals surface area contributed by atoms with E-state index in [1.54, 1.807) is 36.0 Å². The topological polar surface area (TPSA) is 66.6 Å². The minimum atomic E-state index is -0.308. The molecule has 2 amide bonds. The minimum Gasteiger partial charge on any atom is -0.345 e. The first-order valence-electron chi connectivity index (χ1n) is 8.81. The van der Waals surface area contributed by atoms with Crippen LogP contribution in [0.4, 0.5) is 0 Å². The fourth-order valence-electron chi connectivity index (χ4n) is 2.74. The van der Waals surface area contributed by atoms with Crippen LogP contribution in [-0.2, 0) is 11.3 Å². The highest BCUT2D eigenvalue weighted by Gasteiger charge is 2.17. The van der Waals surface area contributed by atoms with Crippen molar-refractivity contribution in [2.75, 3.05) is 20.6 Å². The van der Waals surface area contributed by atoms with Gasteiger partial charge >= 0.3 is 0 Å². The molecule has 2 rings (SSSR count). The Bertz CT molecular complexity index is 727. The van der Waals surface area contributed by atoms with E-state index in [9.17, 15) is 9.59 Å². The van der Waals surface area contributed by atoms with Gasteiger partial charge in [-0.3, -0.25) is 9.59 Å². The molecule has 0 aliphatic carbocycles. The molecule has 1 unspecified atom stereocenters. The number of amides is 2. The van der Waals surface area contributed by atoms with E-state index < -0.39 is 0 Å². The molecule has 5 heteroatoms. The van der Waals surface area contributed by atoms with Gasteiger partial charge in [0.2, 0.25) is 5.91 Å². The Balaban J connectivity index is 1.99. The highest BCUT2D eigenvalue weighted by atomic mass is 16.2. The number of rotatable bonds is 7. The second kappa shape index (κ2) is 9.15. The summed E-state index contributed by atoms with van der Waals surface area (Å²) in [5.74, 6) is -0.00824. The van der Waals surface area contributed by atoms with E-state index in [4.69, 9.17) is 5.73 Å². The van der Waals surface area contributed by atoms with Crippen LogP contribution in [0.3, 0.4) is 0 Å². The molecule has 26 heavy (non-hydrogen) atoms. The van der Waals surface area contributed by atoms with Crippen molar-refractivity contribution >= 4 is 11.8 Å². The largest absolute Gasteiger partial charge is 0.345 e. The predicted molar refractivity (Wildman–Crippen MR) is 104 cm³/mol. The third-order valence-corrected chi connectivity index (χ3v) is 4.34. The molecular formula is C21H27N3O2. The number of carbonyl (C=O) groups is 2. The maximum absolute atomic E-state index is 12.6. The van der Waals surface area contributed by atoms with Gasteiger partial charge in [0.1, 0.15) is 0 Å². The number of nitrogens with two attached hydrogens (primary N) is 1. The molecule has 0 saturated heterocycles. The summed E-state index contributed by atoms with van der Waals surface area (Å²) in [7, 11) is 3.45. The van der Waals surface area contributed by atoms with Gasteiger partial charge in [0.15, 0.2) is 0 Å². The number of benzene rings is 2. The van der Waals surface area contributed by atoms with Gasteiger partial charge in [0.05, 0.1) is 0 Å². The van der Waals surface area contributed by atoms with Crippen LogP contribution in [0.1, 0.15) is 40.9 Å². The molecule has 0 aromatic heterocycles. The summed E-state index contributed by atoms with van der Waals surface area (Å²) in [6, 6.07) is 16.7. The van der Waals surface area contributed by atoms with Crippen LogP contribution in [0.2, 0.25) is 0 Å². The zero-order chi connectivity index (χ0) is 19.1. The standard InChI is InChI=1S/C21H27N3O2/c1-4-24(20(25)14-19(22)17-8-6-5-7-9-17)15-16-10-12-18(13-11-16)21(26)23(2)3/h5-13,19H,4,14-15,22H2,1-3H3. The molecular weight excluding hydrogens is 326 g/mol. The second-order valence-corrected chi connectivity index (χ2v) is 6.53. The Labute approximate surface area is 155 Å². The first-order valence-corrected chi connectivity index (χ1v) is 8.81. The van der Waals surface area contributed by atoms with Crippen LogP contribution < -0.4 is 5.73 Å². The molecule has 0 aliphatic heterocycles. The zero-order valence-electron chi connectivity index (χ0n) is 15.7. The number of hydrogen-bond acceptors (Lipinski definition) is 3. The first kappa shape index (κ1) is 19.7. The molecule has 1 atom stereocenters. The van der Waals surface area contributed by atoms with Crippen LogP contribution in [0.15, 0.2) is 54.6 Å². The number of carbonyl (C=O) groups excluding carboxylic acids is 2. The van der Waals surface area contributed by atoms with Gasteiger partial charge in [-0.15, -0.1) is 0 Å². The molecule has 5 nitrogen and oxygen atoms in total. The highest BCUT2D eigenvalue weighted by Crippen LogP contribution is 2.16. The van der Waals surface area contributed by atoms with Gasteiger partial charge in [-0.2, -0.15) is 0 Å². The molecule has 0 saturated carbocycles. The number of nitrogens with zero attached hydrogens (tertiary/aromatic N) is 2. The van der Waals surface area contributed by atoms with Crippen molar-refractivity contribution in [3.8, 4) is 0 Å². The van der Waals surface area contributed by atoms with E-state index in [1.807, 2.05) is 49.4 Å². The summed E-state index contributed by atoms with van der Waals surface area (Å²) in [6.07, 6.45) is 0.273. The Morgan fingerprint density at radius 3 is 2.15 bits per heavy atom. The molecule has 0 radical (unpaired) electrons. The molecule has 2 aromatic rings. The van der Waals surface area contributed by atoms with Crippen LogP contribution in [-0.4, -0.2) is 42.3 Å². The van der Waals surface area contributed by atoms with Crippen molar-refractivity contribution < 1.29 is 9.59 Å². The van der Waals surface area contributed by atoms with Crippen LogP contribution in [0.5, 0.6) is 0 Å². The van der Waals surface area contributed by atoms with Crippen molar-refractivity contribution in [2.45, 2.75) is 25.9 Å². The van der Waals surface area contributed by atoms with E-state index in [1.165, 1.54) is 0 Å². The summed E-state index contributed by atoms with van der Waals surface area (Å²) in [5.41, 5.74) is 8.76. The van der Waals surface area contributed by atoms with Crippen molar-refractivity contribution in [2.24, 2.45) is 5.73 Å². The maximum Gasteiger partial charge on any atom is 0.253 e. The van der Waals surface area contributed by atoms with Crippen molar-refractivity contribution in [1.82, 2.24) is 9.80 Å². The normalized spacial score (nSPS) is 11.7. The van der Waals surface area contributed by atoms with Gasteiger partial charge in [0, 0.05) is 45.2 Å². The lowest BCUT2D eigenvalue weighted by Gasteiger charge is -2.23. The average molecular weight is 353 g/mol. The SMILES string of the molecule is CCN(Cc1ccc(C(=O)N(C)C)cc1)C(=O)CC(N)c1ccccc1. The molecule has 0 aliphatic rings. The lowest BCUT2D eigenvalue weighted by molar-refractivity contribution is -0.132. The predicted octanol–water partition coefficient (Wildman–Crippen LogP) is 2.83. The summed E-state index contributed by atoms with van der Waals surface area (Å²) >= 11 is 0. The Hall–Kier alpha value is -2.66. The van der Waals surface area contributed by atoms with Crippen LogP contribution in [0, 0.1) is 0 Å². The van der Waals surface area contributed by atoms with Gasteiger partial charge in [0.25, 0.3) is 5.91 Å². The van der Waals surface area contributed by atoms with Crippen LogP contribution >= 0.6 is 0 Å². The van der Waals surface area contributed by atoms with E-state index in [2.05, 4.69) is 0 Å². The fourth-order valence-corrected chi connectivity index (χ4v) is 2.74. The molecule has 138 valence electrons. The quantitative estimate of drug-likeness (QED) is 0.832. The summed E-state index contributed by atoms with van der Waals surface area (Å²) in [5, 5.41) is 0. The van der Waals surface area contributed by atoms with E-state index >= 15 is 0 Å². The monoisotopic (exact) mass is 353 g/mol. The van der Waals surface area contributed by atoms with Crippen LogP contribution in [0.25, 0.3) is 0 Å². The molecule has 2 aromatic carbocycles. The zero-order valence-corrected chi connectivity index (χ0v) is 15.7. The third kappa shape index (κ3) is 5.17. The molecule has 0 bridgehead atoms. The first-order chi connectivity index (χ1) is 12.4. The fraction of sp³-hybridized carbons (Fsp3) is 0.333. The Morgan fingerprint density at radius 1 is 1.00 bits per heavy atom. The molecule has 0 heterocycles. The summed E-state index contributed by atoms with van der Waals surface area (Å²) < 4.78 is 0. The van der Waals surface area contributed by atoms with E-state index in [-0.39, 0.29) is 24.3 Å².